The molecule has 4 rings (SSSR count). The summed E-state index contributed by atoms with van der Waals surface area (Å²) in [6.07, 6.45) is -0.578. The van der Waals surface area contributed by atoms with Gasteiger partial charge in [0.05, 0.1) is 13.0 Å². The highest BCUT2D eigenvalue weighted by Crippen LogP contribution is 2.28. The van der Waals surface area contributed by atoms with Crippen LogP contribution in [-0.2, 0) is 20.9 Å². The lowest BCUT2D eigenvalue weighted by Crippen LogP contribution is -2.41. The van der Waals surface area contributed by atoms with Gasteiger partial charge in [-0.3, -0.25) is 9.59 Å². The number of benzene rings is 3. The summed E-state index contributed by atoms with van der Waals surface area (Å²) in [5.74, 6) is -0.518. The highest BCUT2D eigenvalue weighted by molar-refractivity contribution is 6.01. The molecule has 0 aromatic heterocycles. The van der Waals surface area contributed by atoms with Crippen molar-refractivity contribution in [3.05, 3.63) is 101 Å². The van der Waals surface area contributed by atoms with Crippen molar-refractivity contribution in [1.29, 1.82) is 0 Å². The lowest BCUT2D eigenvalue weighted by molar-refractivity contribution is -0.153. The van der Waals surface area contributed by atoms with E-state index in [0.717, 1.165) is 11.1 Å². The van der Waals surface area contributed by atoms with E-state index in [-0.39, 0.29) is 12.4 Å². The Kier molecular flexibility index (Phi) is 8.56. The minimum atomic E-state index is -1.06. The first-order chi connectivity index (χ1) is 17.9. The standard InChI is InChI=1S/C30H31NO6/c1-21-8-10-24(11-9-21)28(27(32)23-12-14-26(35-2)15-13-23)37-29(33)25-16-18-31(19-17-25)30(34)36-20-22-6-4-3-5-7-22/h3-15,25,28H,16-20H2,1-2H3. The zero-order valence-corrected chi connectivity index (χ0v) is 21.1. The molecule has 1 aliphatic rings. The largest absolute Gasteiger partial charge is 0.497 e. The Hall–Kier alpha value is -4.13. The Morgan fingerprint density at radius 1 is 0.892 bits per heavy atom. The van der Waals surface area contributed by atoms with E-state index >= 15 is 0 Å². The Morgan fingerprint density at radius 3 is 2.16 bits per heavy atom. The van der Waals surface area contributed by atoms with Gasteiger partial charge in [-0.25, -0.2) is 4.79 Å². The van der Waals surface area contributed by atoms with Crippen LogP contribution >= 0.6 is 0 Å². The molecule has 1 unspecified atom stereocenters. The van der Waals surface area contributed by atoms with Gasteiger partial charge in [-0.05, 0) is 49.6 Å². The van der Waals surface area contributed by atoms with E-state index in [4.69, 9.17) is 14.2 Å². The molecule has 0 N–H and O–H groups in total. The van der Waals surface area contributed by atoms with E-state index < -0.39 is 24.1 Å². The van der Waals surface area contributed by atoms with Crippen LogP contribution in [0.15, 0.2) is 78.9 Å². The summed E-state index contributed by atoms with van der Waals surface area (Å²) in [5, 5.41) is 0. The van der Waals surface area contributed by atoms with Gasteiger partial charge >= 0.3 is 12.1 Å². The second-order valence-electron chi connectivity index (χ2n) is 9.12. The Morgan fingerprint density at radius 2 is 1.54 bits per heavy atom. The SMILES string of the molecule is COc1ccc(C(=O)C(OC(=O)C2CCN(C(=O)OCc3ccccc3)CC2)c2ccc(C)cc2)cc1. The van der Waals surface area contributed by atoms with Crippen LogP contribution in [-0.4, -0.2) is 42.9 Å². The maximum Gasteiger partial charge on any atom is 0.410 e. The van der Waals surface area contributed by atoms with Crippen molar-refractivity contribution in [3.8, 4) is 5.75 Å². The Labute approximate surface area is 217 Å². The van der Waals surface area contributed by atoms with Crippen LogP contribution in [0.4, 0.5) is 4.79 Å². The molecule has 1 atom stereocenters. The number of carbonyl (C=O) groups is 3. The molecule has 0 saturated carbocycles. The third-order valence-electron chi connectivity index (χ3n) is 6.52. The van der Waals surface area contributed by atoms with Gasteiger partial charge in [0.2, 0.25) is 5.78 Å². The third-order valence-corrected chi connectivity index (χ3v) is 6.52. The predicted molar refractivity (Wildman–Crippen MR) is 138 cm³/mol. The van der Waals surface area contributed by atoms with Gasteiger partial charge in [-0.1, -0.05) is 60.2 Å². The minimum Gasteiger partial charge on any atom is -0.497 e. The zero-order valence-electron chi connectivity index (χ0n) is 21.1. The fourth-order valence-electron chi connectivity index (χ4n) is 4.24. The van der Waals surface area contributed by atoms with Crippen molar-refractivity contribution < 1.29 is 28.6 Å². The van der Waals surface area contributed by atoms with Crippen molar-refractivity contribution in [2.75, 3.05) is 20.2 Å². The van der Waals surface area contributed by atoms with Crippen LogP contribution in [0.2, 0.25) is 0 Å². The van der Waals surface area contributed by atoms with Crippen LogP contribution in [0, 0.1) is 12.8 Å². The number of piperidine rings is 1. The number of likely N-dealkylation sites (tertiary alicyclic amines) is 1. The third kappa shape index (κ3) is 6.76. The number of methoxy groups -OCH3 is 1. The summed E-state index contributed by atoms with van der Waals surface area (Å²) in [4.78, 5) is 40.6. The number of rotatable bonds is 8. The second kappa shape index (κ2) is 12.2. The van der Waals surface area contributed by atoms with Crippen molar-refractivity contribution in [2.45, 2.75) is 32.5 Å². The van der Waals surface area contributed by atoms with E-state index in [0.29, 0.717) is 42.8 Å². The highest BCUT2D eigenvalue weighted by atomic mass is 16.6. The second-order valence-corrected chi connectivity index (χ2v) is 9.12. The first-order valence-corrected chi connectivity index (χ1v) is 12.4. The summed E-state index contributed by atoms with van der Waals surface area (Å²) in [6.45, 7) is 2.92. The quantitative estimate of drug-likeness (QED) is 0.299. The van der Waals surface area contributed by atoms with Crippen molar-refractivity contribution in [2.24, 2.45) is 5.92 Å². The summed E-state index contributed by atoms with van der Waals surface area (Å²) >= 11 is 0. The van der Waals surface area contributed by atoms with E-state index in [1.165, 1.54) is 0 Å². The summed E-state index contributed by atoms with van der Waals surface area (Å²) in [7, 11) is 1.56. The van der Waals surface area contributed by atoms with E-state index in [1.54, 1.807) is 48.4 Å². The smallest absolute Gasteiger partial charge is 0.410 e. The summed E-state index contributed by atoms with van der Waals surface area (Å²) in [6, 6.07) is 23.6. The fourth-order valence-corrected chi connectivity index (χ4v) is 4.24. The number of nitrogens with zero attached hydrogens (tertiary/aromatic N) is 1. The number of carbonyl (C=O) groups excluding carboxylic acids is 3. The van der Waals surface area contributed by atoms with Crippen molar-refractivity contribution in [1.82, 2.24) is 4.90 Å². The first kappa shape index (κ1) is 25.9. The molecule has 7 heteroatoms. The Balaban J connectivity index is 1.38. The normalized spacial score (nSPS) is 14.5. The van der Waals surface area contributed by atoms with Gasteiger partial charge in [0.25, 0.3) is 0 Å². The number of ketones is 1. The molecular formula is C30H31NO6. The predicted octanol–water partition coefficient (Wildman–Crippen LogP) is 5.52. The molecule has 3 aromatic carbocycles. The molecule has 0 aliphatic carbocycles. The van der Waals surface area contributed by atoms with E-state index in [2.05, 4.69) is 0 Å². The summed E-state index contributed by atoms with van der Waals surface area (Å²) in [5.41, 5.74) is 2.99. The minimum absolute atomic E-state index is 0.202. The zero-order chi connectivity index (χ0) is 26.2. The van der Waals surface area contributed by atoms with E-state index in [9.17, 15) is 14.4 Å². The number of esters is 1. The van der Waals surface area contributed by atoms with Gasteiger partial charge < -0.3 is 19.1 Å². The molecule has 0 spiro atoms. The monoisotopic (exact) mass is 501 g/mol. The molecule has 0 radical (unpaired) electrons. The van der Waals surface area contributed by atoms with E-state index in [1.807, 2.05) is 49.4 Å². The number of amides is 1. The molecular weight excluding hydrogens is 470 g/mol. The maximum atomic E-state index is 13.4. The number of aryl methyl sites for hydroxylation is 1. The van der Waals surface area contributed by atoms with Crippen LogP contribution in [0.5, 0.6) is 5.75 Å². The Bertz CT molecular complexity index is 1200. The van der Waals surface area contributed by atoms with Gasteiger partial charge in [0.15, 0.2) is 6.10 Å². The molecule has 1 saturated heterocycles. The van der Waals surface area contributed by atoms with Crippen molar-refractivity contribution in [3.63, 3.8) is 0 Å². The summed E-state index contributed by atoms with van der Waals surface area (Å²) < 4.78 is 16.4. The molecule has 1 amide bonds. The fraction of sp³-hybridized carbons (Fsp3) is 0.300. The highest BCUT2D eigenvalue weighted by Gasteiger charge is 2.33. The molecule has 7 nitrogen and oxygen atoms in total. The topological polar surface area (TPSA) is 82.1 Å². The van der Waals surface area contributed by atoms with Crippen LogP contribution < -0.4 is 4.74 Å². The number of ether oxygens (including phenoxy) is 3. The van der Waals surface area contributed by atoms with Gasteiger partial charge in [0.1, 0.15) is 12.4 Å². The number of hydrogen-bond acceptors (Lipinski definition) is 6. The van der Waals surface area contributed by atoms with Crippen LogP contribution in [0.1, 0.15) is 46.0 Å². The van der Waals surface area contributed by atoms with Crippen LogP contribution in [0.25, 0.3) is 0 Å². The average molecular weight is 502 g/mol. The lowest BCUT2D eigenvalue weighted by atomic mass is 9.96. The number of hydrogen-bond donors (Lipinski definition) is 0. The maximum absolute atomic E-state index is 13.4. The van der Waals surface area contributed by atoms with Gasteiger partial charge in [-0.2, -0.15) is 0 Å². The van der Waals surface area contributed by atoms with Gasteiger partial charge in [-0.15, -0.1) is 0 Å². The molecule has 1 heterocycles. The van der Waals surface area contributed by atoms with Crippen molar-refractivity contribution >= 4 is 17.8 Å². The molecule has 0 bridgehead atoms. The average Bonchev–Trinajstić information content (AvgIpc) is 2.95. The van der Waals surface area contributed by atoms with Gasteiger partial charge in [0, 0.05) is 24.2 Å². The number of Topliss-reactive ketones (excluding diaryl/α,β-unsaturated/α-hetero) is 1. The molecule has 192 valence electrons. The van der Waals surface area contributed by atoms with Crippen LogP contribution in [0.3, 0.4) is 0 Å². The molecule has 1 aliphatic heterocycles. The molecule has 37 heavy (non-hydrogen) atoms. The lowest BCUT2D eigenvalue weighted by Gasteiger charge is -2.31. The molecule has 3 aromatic rings. The molecule has 1 fully saturated rings. The first-order valence-electron chi connectivity index (χ1n) is 12.4.